The summed E-state index contributed by atoms with van der Waals surface area (Å²) in [6, 6.07) is 11.2. The number of aliphatic hydroxyl groups excluding tert-OH is 2. The van der Waals surface area contributed by atoms with Gasteiger partial charge in [-0.25, -0.2) is 9.78 Å². The highest BCUT2D eigenvalue weighted by atomic mass is 16.7. The molecule has 0 saturated heterocycles. The fourth-order valence-corrected chi connectivity index (χ4v) is 3.17. The van der Waals surface area contributed by atoms with Crippen molar-refractivity contribution in [2.45, 2.75) is 38.6 Å². The lowest BCUT2D eigenvalue weighted by molar-refractivity contribution is -0.139. The van der Waals surface area contributed by atoms with E-state index >= 15 is 0 Å². The Kier molecular flexibility index (Phi) is 7.65. The first kappa shape index (κ1) is 26.2. The van der Waals surface area contributed by atoms with Crippen molar-refractivity contribution < 1.29 is 34.5 Å². The van der Waals surface area contributed by atoms with Crippen LogP contribution >= 0.6 is 0 Å². The number of fused-ring (bicyclic) bond motifs is 1. The van der Waals surface area contributed by atoms with Crippen LogP contribution in [0.15, 0.2) is 42.5 Å². The number of hydrogen-bond acceptors (Lipinski definition) is 8. The van der Waals surface area contributed by atoms with Crippen molar-refractivity contribution in [3.63, 3.8) is 0 Å². The number of nitrogen functional groups attached to an aromatic ring is 1. The van der Waals surface area contributed by atoms with Gasteiger partial charge in [-0.3, -0.25) is 9.59 Å². The number of carbonyl (C=O) groups excluding carboxylic acids is 2. The lowest BCUT2D eigenvalue weighted by Crippen LogP contribution is -2.45. The molecule has 0 fully saturated rings. The van der Waals surface area contributed by atoms with Crippen LogP contribution in [0, 0.1) is 6.92 Å². The summed E-state index contributed by atoms with van der Waals surface area (Å²) < 4.78 is 1.19. The van der Waals surface area contributed by atoms with E-state index in [0.29, 0.717) is 16.7 Å². The van der Waals surface area contributed by atoms with Crippen LogP contribution in [-0.2, 0) is 9.59 Å². The molecule has 0 aliphatic heterocycles. The summed E-state index contributed by atoms with van der Waals surface area (Å²) >= 11 is 0. The van der Waals surface area contributed by atoms with Crippen LogP contribution in [0.25, 0.3) is 11.0 Å². The lowest BCUT2D eigenvalue weighted by Gasteiger charge is -2.26. The van der Waals surface area contributed by atoms with Gasteiger partial charge in [-0.1, -0.05) is 17.7 Å². The van der Waals surface area contributed by atoms with E-state index in [1.807, 2.05) is 6.92 Å². The summed E-state index contributed by atoms with van der Waals surface area (Å²) in [5.41, 5.74) is 7.27. The SMILES string of the molecule is Cc1ccc(NC(=O)[C@H](O)[C@@H](O)C(=O)Nc2ccc3nc(N)n(OC(C)(C)CNC(=O)O)c3c2)cc1. The van der Waals surface area contributed by atoms with Gasteiger partial charge in [-0.05, 0) is 51.1 Å². The van der Waals surface area contributed by atoms with Crippen molar-refractivity contribution >= 4 is 46.3 Å². The number of nitrogens with two attached hydrogens (primary N) is 1. The van der Waals surface area contributed by atoms with E-state index in [-0.39, 0.29) is 18.2 Å². The number of rotatable bonds is 9. The van der Waals surface area contributed by atoms with E-state index in [2.05, 4.69) is 20.9 Å². The summed E-state index contributed by atoms with van der Waals surface area (Å²) in [4.78, 5) is 45.6. The largest absolute Gasteiger partial charge is 0.465 e. The van der Waals surface area contributed by atoms with E-state index < -0.39 is 35.7 Å². The summed E-state index contributed by atoms with van der Waals surface area (Å²) in [5.74, 6) is -1.99. The second-order valence-electron chi connectivity index (χ2n) is 8.71. The van der Waals surface area contributed by atoms with Crippen molar-refractivity contribution in [3.8, 4) is 0 Å². The van der Waals surface area contributed by atoms with Crippen molar-refractivity contribution in [2.75, 3.05) is 22.9 Å². The van der Waals surface area contributed by atoms with Crippen molar-refractivity contribution in [2.24, 2.45) is 0 Å². The standard InChI is InChI=1S/C23H28N6O7/c1-12-4-6-13(7-5-12)26-19(32)17(30)18(31)20(33)27-14-8-9-15-16(10-14)29(21(24)28-15)36-23(2,3)11-25-22(34)35/h4-10,17-18,25,30-31H,11H2,1-3H3,(H2,24,28)(H,26,32)(H,27,33)(H,34,35)/t17-,18-/m1/s1. The summed E-state index contributed by atoms with van der Waals surface area (Å²) in [6.07, 6.45) is -5.30. The van der Waals surface area contributed by atoms with E-state index in [4.69, 9.17) is 15.7 Å². The van der Waals surface area contributed by atoms with Gasteiger partial charge in [0.1, 0.15) is 11.1 Å². The second-order valence-corrected chi connectivity index (χ2v) is 8.71. The molecule has 36 heavy (non-hydrogen) atoms. The molecular formula is C23H28N6O7. The van der Waals surface area contributed by atoms with Crippen molar-refractivity contribution in [1.82, 2.24) is 15.0 Å². The molecule has 3 rings (SSSR count). The Morgan fingerprint density at radius 2 is 1.58 bits per heavy atom. The molecule has 3 amide bonds. The number of aryl methyl sites for hydroxylation is 1. The Morgan fingerprint density at radius 1 is 1.03 bits per heavy atom. The Bertz CT molecular complexity index is 1270. The minimum absolute atomic E-state index is 0.0138. The maximum absolute atomic E-state index is 12.5. The number of anilines is 3. The average molecular weight is 501 g/mol. The van der Waals surface area contributed by atoms with Crippen LogP contribution in [0.2, 0.25) is 0 Å². The first-order chi connectivity index (χ1) is 16.9. The van der Waals surface area contributed by atoms with Crippen LogP contribution in [-0.4, -0.2) is 67.3 Å². The Morgan fingerprint density at radius 3 is 2.17 bits per heavy atom. The Labute approximate surface area is 205 Å². The molecule has 0 aliphatic carbocycles. The first-order valence-corrected chi connectivity index (χ1v) is 10.8. The minimum atomic E-state index is -2.06. The van der Waals surface area contributed by atoms with Crippen molar-refractivity contribution in [1.29, 1.82) is 0 Å². The summed E-state index contributed by atoms with van der Waals surface area (Å²) in [7, 11) is 0. The number of imidazole rings is 1. The van der Waals surface area contributed by atoms with Crippen LogP contribution < -0.4 is 26.5 Å². The molecular weight excluding hydrogens is 472 g/mol. The highest BCUT2D eigenvalue weighted by Gasteiger charge is 2.31. The van der Waals surface area contributed by atoms with Gasteiger partial charge < -0.3 is 41.8 Å². The first-order valence-electron chi connectivity index (χ1n) is 10.8. The zero-order valence-electron chi connectivity index (χ0n) is 19.8. The number of nitrogens with zero attached hydrogens (tertiary/aromatic N) is 2. The average Bonchev–Trinajstić information content (AvgIpc) is 3.12. The quantitative estimate of drug-likeness (QED) is 0.221. The third-order valence-electron chi connectivity index (χ3n) is 5.06. The van der Waals surface area contributed by atoms with Crippen LogP contribution in [0.3, 0.4) is 0 Å². The Hall–Kier alpha value is -4.36. The number of aliphatic hydroxyl groups is 2. The molecule has 2 aromatic carbocycles. The molecule has 0 unspecified atom stereocenters. The van der Waals surface area contributed by atoms with Crippen LogP contribution in [0.5, 0.6) is 0 Å². The summed E-state index contributed by atoms with van der Waals surface area (Å²) in [5, 5.41) is 36.3. The molecule has 3 aromatic rings. The number of carboxylic acid groups (broad SMARTS) is 1. The van der Waals surface area contributed by atoms with Crippen LogP contribution in [0.1, 0.15) is 19.4 Å². The molecule has 13 nitrogen and oxygen atoms in total. The molecule has 2 atom stereocenters. The number of nitrogens with one attached hydrogen (secondary N) is 3. The van der Waals surface area contributed by atoms with Gasteiger partial charge in [0.05, 0.1) is 12.1 Å². The van der Waals surface area contributed by atoms with Crippen molar-refractivity contribution in [3.05, 3.63) is 48.0 Å². The molecule has 0 spiro atoms. The smallest absolute Gasteiger partial charge is 0.404 e. The molecule has 0 radical (unpaired) electrons. The third-order valence-corrected chi connectivity index (χ3v) is 5.06. The molecule has 0 bridgehead atoms. The van der Waals surface area contributed by atoms with E-state index in [1.54, 1.807) is 38.1 Å². The van der Waals surface area contributed by atoms with Gasteiger partial charge in [-0.2, -0.15) is 0 Å². The van der Waals surface area contributed by atoms with Gasteiger partial charge in [0, 0.05) is 11.4 Å². The maximum Gasteiger partial charge on any atom is 0.404 e. The predicted molar refractivity (Wildman–Crippen MR) is 131 cm³/mol. The van der Waals surface area contributed by atoms with Gasteiger partial charge in [0.2, 0.25) is 5.95 Å². The molecule has 13 heteroatoms. The van der Waals surface area contributed by atoms with E-state index in [1.165, 1.54) is 22.9 Å². The minimum Gasteiger partial charge on any atom is -0.465 e. The van der Waals surface area contributed by atoms with E-state index in [9.17, 15) is 24.6 Å². The number of benzene rings is 2. The topological polar surface area (TPSA) is 201 Å². The number of carbonyl (C=O) groups is 3. The monoisotopic (exact) mass is 500 g/mol. The molecule has 192 valence electrons. The normalized spacial score (nSPS) is 13.0. The number of hydrogen-bond donors (Lipinski definition) is 7. The maximum atomic E-state index is 12.5. The van der Waals surface area contributed by atoms with Crippen LogP contribution in [0.4, 0.5) is 22.1 Å². The van der Waals surface area contributed by atoms with Gasteiger partial charge in [0.25, 0.3) is 11.8 Å². The fraction of sp³-hybridized carbons (Fsp3) is 0.304. The summed E-state index contributed by atoms with van der Waals surface area (Å²) in [6.45, 7) is 5.10. The fourth-order valence-electron chi connectivity index (χ4n) is 3.17. The molecule has 8 N–H and O–H groups in total. The molecule has 0 saturated carbocycles. The highest BCUT2D eigenvalue weighted by molar-refractivity contribution is 6.02. The van der Waals surface area contributed by atoms with Gasteiger partial charge in [-0.15, -0.1) is 4.73 Å². The van der Waals surface area contributed by atoms with Gasteiger partial charge in [0.15, 0.2) is 12.2 Å². The molecule has 0 aliphatic rings. The lowest BCUT2D eigenvalue weighted by atomic mass is 10.1. The third kappa shape index (κ3) is 6.40. The number of amides is 3. The number of aromatic nitrogens is 2. The van der Waals surface area contributed by atoms with E-state index in [0.717, 1.165) is 5.56 Å². The molecule has 1 aromatic heterocycles. The van der Waals surface area contributed by atoms with Gasteiger partial charge >= 0.3 is 6.09 Å². The second kappa shape index (κ2) is 10.5. The molecule has 1 heterocycles. The zero-order chi connectivity index (χ0) is 26.6. The predicted octanol–water partition coefficient (Wildman–Crippen LogP) is 0.701. The zero-order valence-corrected chi connectivity index (χ0v) is 19.8. The Balaban J connectivity index is 1.71. The highest BCUT2D eigenvalue weighted by Crippen LogP contribution is 2.23.